The molecule has 0 spiro atoms. The van der Waals surface area contributed by atoms with E-state index in [0.29, 0.717) is 5.75 Å². The Kier molecular flexibility index (Phi) is 6.47. The first-order valence-corrected chi connectivity index (χ1v) is 13.3. The Morgan fingerprint density at radius 2 is 0.933 bits per heavy atom. The van der Waals surface area contributed by atoms with Crippen LogP contribution < -0.4 is 15.9 Å². The van der Waals surface area contributed by atoms with E-state index in [2.05, 4.69) is 84.9 Å². The molecule has 4 aromatic carbocycles. The normalized spacial score (nSPS) is 12.3. The second-order valence-corrected chi connectivity index (χ2v) is 12.3. The third-order valence-corrected chi connectivity index (χ3v) is 11.9. The molecule has 0 bridgehead atoms. The second-order valence-electron chi connectivity index (χ2n) is 6.98. The molecule has 0 N–H and O–H groups in total. The van der Waals surface area contributed by atoms with Crippen LogP contribution in [0.4, 0.5) is 0 Å². The van der Waals surface area contributed by atoms with E-state index in [4.69, 9.17) is 0 Å². The lowest BCUT2D eigenvalue weighted by molar-refractivity contribution is 0.691. The molecule has 0 aromatic heterocycles. The van der Waals surface area contributed by atoms with Crippen molar-refractivity contribution in [3.8, 4) is 0 Å². The monoisotopic (exact) mass is 428 g/mol. The minimum absolute atomic E-state index is 0.582. The van der Waals surface area contributed by atoms with E-state index >= 15 is 0 Å². The minimum atomic E-state index is -2.34. The molecule has 30 heavy (non-hydrogen) atoms. The van der Waals surface area contributed by atoms with E-state index in [1.807, 2.05) is 43.3 Å². The maximum Gasteiger partial charge on any atom is 0.0554 e. The van der Waals surface area contributed by atoms with Crippen LogP contribution in [-0.4, -0.2) is 14.6 Å². The lowest BCUT2D eigenvalue weighted by atomic mass is 10.2. The van der Waals surface area contributed by atoms with Crippen molar-refractivity contribution in [3.63, 3.8) is 0 Å². The van der Waals surface area contributed by atoms with Gasteiger partial charge in [-0.15, -0.1) is 0 Å². The van der Waals surface area contributed by atoms with Crippen LogP contribution in [0.2, 0.25) is 0 Å². The zero-order chi connectivity index (χ0) is 20.8. The Hall–Kier alpha value is -2.67. The number of hydrogen-bond donors (Lipinski definition) is 0. The summed E-state index contributed by atoms with van der Waals surface area (Å²) in [7, 11) is -1.12. The van der Waals surface area contributed by atoms with Crippen LogP contribution in [0.5, 0.6) is 0 Å². The van der Waals surface area contributed by atoms with Gasteiger partial charge >= 0.3 is 0 Å². The molecule has 0 saturated heterocycles. The largest absolute Gasteiger partial charge is 0.254 e. The molecule has 0 saturated carbocycles. The predicted octanol–water partition coefficient (Wildman–Crippen LogP) is 4.93. The highest BCUT2D eigenvalue weighted by molar-refractivity contribution is 8.17. The second kappa shape index (κ2) is 9.43. The first kappa shape index (κ1) is 20.6. The van der Waals surface area contributed by atoms with Gasteiger partial charge in [-0.3, -0.25) is 4.21 Å². The smallest absolute Gasteiger partial charge is 0.0554 e. The summed E-state index contributed by atoms with van der Waals surface area (Å²) in [5.41, 5.74) is 1.06. The molecular formula is C27H25OPS. The number of benzene rings is 4. The van der Waals surface area contributed by atoms with Gasteiger partial charge in [0.15, 0.2) is 0 Å². The molecule has 0 aliphatic rings. The SMILES string of the molecule is CCS(=O)C(c1ccccc1)=P(c1ccccc1)(c1ccccc1)c1ccccc1. The zero-order valence-electron chi connectivity index (χ0n) is 17.0. The van der Waals surface area contributed by atoms with E-state index < -0.39 is 17.7 Å². The van der Waals surface area contributed by atoms with Crippen LogP contribution >= 0.6 is 6.89 Å². The van der Waals surface area contributed by atoms with Crippen molar-refractivity contribution < 1.29 is 4.21 Å². The molecule has 0 radical (unpaired) electrons. The average molecular weight is 429 g/mol. The van der Waals surface area contributed by atoms with Crippen molar-refractivity contribution in [2.75, 3.05) is 5.75 Å². The van der Waals surface area contributed by atoms with Crippen molar-refractivity contribution in [1.29, 1.82) is 0 Å². The molecule has 0 heterocycles. The molecule has 0 aliphatic heterocycles. The van der Waals surface area contributed by atoms with Gasteiger partial charge < -0.3 is 0 Å². The van der Waals surface area contributed by atoms with Gasteiger partial charge in [0.1, 0.15) is 0 Å². The standard InChI is InChI=1S/C27H25OPS/c1-2-30(28)27(23-15-7-3-8-16-23)29(24-17-9-4-10-18-24,25-19-11-5-12-20-25)26-21-13-6-14-22-26/h3-22H,2H2,1H3. The van der Waals surface area contributed by atoms with Gasteiger partial charge in [-0.05, 0) is 28.4 Å². The maximum atomic E-state index is 13.8. The third kappa shape index (κ3) is 3.74. The Labute approximate surface area is 181 Å². The Bertz CT molecular complexity index is 1070. The fourth-order valence-electron chi connectivity index (χ4n) is 3.95. The first-order valence-electron chi connectivity index (χ1n) is 10.2. The summed E-state index contributed by atoms with van der Waals surface area (Å²) in [4.78, 5) is 0. The van der Waals surface area contributed by atoms with Gasteiger partial charge in [0.25, 0.3) is 0 Å². The fraction of sp³-hybridized carbons (Fsp3) is 0.0741. The topological polar surface area (TPSA) is 17.1 Å². The summed E-state index contributed by atoms with van der Waals surface area (Å²) in [6.45, 7) is -0.333. The van der Waals surface area contributed by atoms with Crippen LogP contribution in [0.3, 0.4) is 0 Å². The minimum Gasteiger partial charge on any atom is -0.254 e. The first-order chi connectivity index (χ1) is 14.8. The van der Waals surface area contributed by atoms with Crippen LogP contribution in [0, 0.1) is 0 Å². The molecule has 3 heteroatoms. The van der Waals surface area contributed by atoms with Crippen LogP contribution in [0.15, 0.2) is 121 Å². The Morgan fingerprint density at radius 3 is 1.27 bits per heavy atom. The summed E-state index contributed by atoms with van der Waals surface area (Å²) < 4.78 is 14.8. The summed E-state index contributed by atoms with van der Waals surface area (Å²) in [5.74, 6) is 0.582. The maximum absolute atomic E-state index is 13.8. The van der Waals surface area contributed by atoms with Crippen molar-refractivity contribution in [2.45, 2.75) is 6.92 Å². The highest BCUT2D eigenvalue weighted by Gasteiger charge is 2.32. The van der Waals surface area contributed by atoms with Crippen molar-refractivity contribution in [1.82, 2.24) is 0 Å². The van der Waals surface area contributed by atoms with Gasteiger partial charge in [-0.2, -0.15) is 0 Å². The predicted molar refractivity (Wildman–Crippen MR) is 134 cm³/mol. The summed E-state index contributed by atoms with van der Waals surface area (Å²) in [5, 5.41) is 3.68. The number of hydrogen-bond acceptors (Lipinski definition) is 1. The van der Waals surface area contributed by atoms with Crippen LogP contribution in [-0.2, 0) is 10.8 Å². The molecular weight excluding hydrogens is 403 g/mol. The average Bonchev–Trinajstić information content (AvgIpc) is 2.84. The fourth-order valence-corrected chi connectivity index (χ4v) is 11.2. The van der Waals surface area contributed by atoms with Gasteiger partial charge in [0.05, 0.1) is 15.4 Å². The quantitative estimate of drug-likeness (QED) is 0.398. The van der Waals surface area contributed by atoms with E-state index in [9.17, 15) is 4.21 Å². The van der Waals surface area contributed by atoms with Gasteiger partial charge in [0, 0.05) is 5.75 Å². The highest BCUT2D eigenvalue weighted by Crippen LogP contribution is 2.48. The molecule has 0 aliphatic carbocycles. The van der Waals surface area contributed by atoms with Crippen LogP contribution in [0.25, 0.3) is 0 Å². The third-order valence-electron chi connectivity index (χ3n) is 5.23. The Morgan fingerprint density at radius 1 is 0.600 bits per heavy atom. The molecule has 0 fully saturated rings. The van der Waals surface area contributed by atoms with Crippen LogP contribution in [0.1, 0.15) is 12.5 Å². The summed E-state index contributed by atoms with van der Waals surface area (Å²) >= 11 is 0. The van der Waals surface area contributed by atoms with Crippen molar-refractivity contribution in [2.24, 2.45) is 0 Å². The molecule has 0 amide bonds. The molecule has 4 rings (SSSR count). The Balaban J connectivity index is 2.31. The molecule has 1 atom stereocenters. The molecule has 4 aromatic rings. The van der Waals surface area contributed by atoms with E-state index in [1.165, 1.54) is 15.9 Å². The van der Waals surface area contributed by atoms with E-state index in [1.54, 1.807) is 0 Å². The highest BCUT2D eigenvalue weighted by atomic mass is 32.2. The molecule has 1 nitrogen and oxygen atoms in total. The van der Waals surface area contributed by atoms with Gasteiger partial charge in [-0.1, -0.05) is 128 Å². The summed E-state index contributed by atoms with van der Waals surface area (Å²) in [6, 6.07) is 42.2. The number of rotatable bonds is 6. The lowest BCUT2D eigenvalue weighted by Crippen LogP contribution is -2.32. The lowest BCUT2D eigenvalue weighted by Gasteiger charge is -2.32. The van der Waals surface area contributed by atoms with E-state index in [-0.39, 0.29) is 0 Å². The van der Waals surface area contributed by atoms with Gasteiger partial charge in [-0.25, -0.2) is 0 Å². The zero-order valence-corrected chi connectivity index (χ0v) is 18.7. The van der Waals surface area contributed by atoms with Crippen molar-refractivity contribution in [3.05, 3.63) is 127 Å². The van der Waals surface area contributed by atoms with Crippen molar-refractivity contribution >= 4 is 38.2 Å². The van der Waals surface area contributed by atoms with E-state index in [0.717, 1.165) is 10.2 Å². The molecule has 150 valence electrons. The summed E-state index contributed by atoms with van der Waals surface area (Å²) in [6.07, 6.45) is 0. The van der Waals surface area contributed by atoms with Gasteiger partial charge in [0.2, 0.25) is 0 Å². The molecule has 1 unspecified atom stereocenters.